The van der Waals surface area contributed by atoms with E-state index in [1.165, 1.54) is 54.8 Å². The summed E-state index contributed by atoms with van der Waals surface area (Å²) in [5.74, 6) is 0. The molecule has 3 nitrogen and oxygen atoms in total. The van der Waals surface area contributed by atoms with Crippen molar-refractivity contribution in [2.45, 2.75) is 0 Å². The highest BCUT2D eigenvalue weighted by Crippen LogP contribution is 2.44. The minimum atomic E-state index is 0.898. The lowest BCUT2D eigenvalue weighted by atomic mass is 9.98. The molecule has 0 bridgehead atoms. The number of furan rings is 1. The predicted molar refractivity (Wildman–Crippen MR) is 213 cm³/mol. The van der Waals surface area contributed by atoms with Crippen molar-refractivity contribution in [1.29, 1.82) is 0 Å². The van der Waals surface area contributed by atoms with E-state index in [2.05, 4.69) is 185 Å². The van der Waals surface area contributed by atoms with Gasteiger partial charge in [-0.1, -0.05) is 127 Å². The fraction of sp³-hybridized carbons (Fsp3) is 0. The Morgan fingerprint density at radius 1 is 0.333 bits per heavy atom. The molecule has 0 atom stereocenters. The zero-order valence-corrected chi connectivity index (χ0v) is 27.6. The van der Waals surface area contributed by atoms with Crippen molar-refractivity contribution < 1.29 is 4.42 Å². The normalized spacial score (nSPS) is 11.9. The second-order valence-corrected chi connectivity index (χ2v) is 13.3. The molecular weight excluding hydrogens is 621 g/mol. The number of rotatable bonds is 4. The van der Waals surface area contributed by atoms with Gasteiger partial charge in [0, 0.05) is 38.0 Å². The van der Waals surface area contributed by atoms with Crippen LogP contribution in [0.15, 0.2) is 186 Å². The Bertz CT molecular complexity index is 3070. The molecule has 0 saturated heterocycles. The third-order valence-electron chi connectivity index (χ3n) is 10.5. The second-order valence-electron chi connectivity index (χ2n) is 13.3. The fourth-order valence-electron chi connectivity index (χ4n) is 8.30. The maximum Gasteiger partial charge on any atom is 0.159 e. The third kappa shape index (κ3) is 4.12. The van der Waals surface area contributed by atoms with E-state index in [1.54, 1.807) is 0 Å². The van der Waals surface area contributed by atoms with Crippen molar-refractivity contribution in [3.8, 4) is 33.6 Å². The second kappa shape index (κ2) is 10.8. The van der Waals surface area contributed by atoms with Gasteiger partial charge in [-0.2, -0.15) is 0 Å². The number of aromatic nitrogens is 2. The van der Waals surface area contributed by atoms with E-state index >= 15 is 0 Å². The van der Waals surface area contributed by atoms with Gasteiger partial charge in [0.25, 0.3) is 0 Å². The van der Waals surface area contributed by atoms with Crippen molar-refractivity contribution in [2.75, 3.05) is 0 Å². The molecule has 3 heteroatoms. The number of hydrogen-bond acceptors (Lipinski definition) is 1. The van der Waals surface area contributed by atoms with Crippen LogP contribution in [0.1, 0.15) is 0 Å². The van der Waals surface area contributed by atoms with Gasteiger partial charge in [0.15, 0.2) is 5.58 Å². The number of benzene rings is 8. The Hall–Kier alpha value is -6.84. The molecule has 0 spiro atoms. The molecule has 0 fully saturated rings. The van der Waals surface area contributed by atoms with E-state index in [4.69, 9.17) is 4.42 Å². The zero-order valence-electron chi connectivity index (χ0n) is 27.6. The van der Waals surface area contributed by atoms with Gasteiger partial charge in [-0.25, -0.2) is 0 Å². The predicted octanol–water partition coefficient (Wildman–Crippen LogP) is 13.1. The summed E-state index contributed by atoms with van der Waals surface area (Å²) in [4.78, 5) is 0. The van der Waals surface area contributed by atoms with E-state index in [0.717, 1.165) is 44.3 Å². The maximum atomic E-state index is 6.60. The molecule has 51 heavy (non-hydrogen) atoms. The third-order valence-corrected chi connectivity index (χ3v) is 10.5. The minimum Gasteiger partial charge on any atom is -0.454 e. The first-order chi connectivity index (χ1) is 25.3. The Kier molecular flexibility index (Phi) is 5.96. The standard InChI is InChI=1S/C48H30N2O/c1-3-14-31(15-4-1)33-28-34(32-16-5-2-6-17-32)30-35(29-33)49-40-22-10-7-19-38(40)46-42(49)26-27-43-47(46)39-20-8-11-23-41(39)50(43)44-24-13-21-37-36-18-9-12-25-45(36)51-48(37)44/h1-30H. The molecule has 0 saturated carbocycles. The summed E-state index contributed by atoms with van der Waals surface area (Å²) in [6, 6.07) is 65.4. The van der Waals surface area contributed by atoms with Gasteiger partial charge in [0.05, 0.1) is 27.8 Å². The lowest BCUT2D eigenvalue weighted by Gasteiger charge is -2.14. The monoisotopic (exact) mass is 650 g/mol. The highest BCUT2D eigenvalue weighted by molar-refractivity contribution is 6.29. The molecule has 0 aliphatic carbocycles. The first-order valence-corrected chi connectivity index (χ1v) is 17.4. The van der Waals surface area contributed by atoms with E-state index in [9.17, 15) is 0 Å². The molecule has 0 radical (unpaired) electrons. The lowest BCUT2D eigenvalue weighted by molar-refractivity contribution is 0.666. The number of fused-ring (bicyclic) bond motifs is 10. The fourth-order valence-corrected chi connectivity index (χ4v) is 8.30. The smallest absolute Gasteiger partial charge is 0.159 e. The van der Waals surface area contributed by atoms with Crippen LogP contribution in [0.25, 0.3) is 99.2 Å². The van der Waals surface area contributed by atoms with Crippen LogP contribution in [-0.4, -0.2) is 9.13 Å². The Morgan fingerprint density at radius 3 is 1.49 bits per heavy atom. The topological polar surface area (TPSA) is 23.0 Å². The first kappa shape index (κ1) is 28.0. The number of hydrogen-bond donors (Lipinski definition) is 0. The number of nitrogens with zero attached hydrogens (tertiary/aromatic N) is 2. The Morgan fingerprint density at radius 2 is 0.843 bits per heavy atom. The van der Waals surface area contributed by atoms with Crippen molar-refractivity contribution >= 4 is 65.6 Å². The van der Waals surface area contributed by atoms with E-state index in [1.807, 2.05) is 6.07 Å². The number of para-hydroxylation sites is 4. The molecule has 0 amide bonds. The lowest BCUT2D eigenvalue weighted by Crippen LogP contribution is -1.96. The summed E-state index contributed by atoms with van der Waals surface area (Å²) in [6.45, 7) is 0. The maximum absolute atomic E-state index is 6.60. The molecule has 8 aromatic carbocycles. The summed E-state index contributed by atoms with van der Waals surface area (Å²) >= 11 is 0. The highest BCUT2D eigenvalue weighted by atomic mass is 16.3. The van der Waals surface area contributed by atoms with Crippen LogP contribution in [-0.2, 0) is 0 Å². The highest BCUT2D eigenvalue weighted by Gasteiger charge is 2.22. The summed E-state index contributed by atoms with van der Waals surface area (Å²) in [7, 11) is 0. The SMILES string of the molecule is c1ccc(-c2cc(-c3ccccc3)cc(-n3c4ccccc4c4c5c6ccccc6n(-c6cccc7c6oc6ccccc67)c5ccc43)c2)cc1. The van der Waals surface area contributed by atoms with Gasteiger partial charge in [-0.05, 0) is 76.9 Å². The van der Waals surface area contributed by atoms with Crippen molar-refractivity contribution in [3.63, 3.8) is 0 Å². The molecule has 0 unspecified atom stereocenters. The van der Waals surface area contributed by atoms with Crippen LogP contribution in [0.5, 0.6) is 0 Å². The van der Waals surface area contributed by atoms with Gasteiger partial charge >= 0.3 is 0 Å². The minimum absolute atomic E-state index is 0.898. The molecular formula is C48H30N2O. The van der Waals surface area contributed by atoms with Crippen LogP contribution >= 0.6 is 0 Å². The zero-order chi connectivity index (χ0) is 33.5. The quantitative estimate of drug-likeness (QED) is 0.186. The van der Waals surface area contributed by atoms with Crippen LogP contribution in [0.3, 0.4) is 0 Å². The van der Waals surface area contributed by atoms with Gasteiger partial charge < -0.3 is 13.6 Å². The van der Waals surface area contributed by atoms with Gasteiger partial charge in [-0.3, -0.25) is 0 Å². The summed E-state index contributed by atoms with van der Waals surface area (Å²) in [6.07, 6.45) is 0. The van der Waals surface area contributed by atoms with E-state index < -0.39 is 0 Å². The largest absolute Gasteiger partial charge is 0.454 e. The summed E-state index contributed by atoms with van der Waals surface area (Å²) < 4.78 is 11.4. The molecule has 0 aliphatic rings. The molecule has 238 valence electrons. The van der Waals surface area contributed by atoms with E-state index in [-0.39, 0.29) is 0 Å². The average molecular weight is 651 g/mol. The molecule has 11 rings (SSSR count). The summed E-state index contributed by atoms with van der Waals surface area (Å²) in [5.41, 5.74) is 13.4. The Balaban J connectivity index is 1.25. The first-order valence-electron chi connectivity index (χ1n) is 17.4. The molecule has 3 heterocycles. The van der Waals surface area contributed by atoms with Crippen LogP contribution in [0, 0.1) is 0 Å². The van der Waals surface area contributed by atoms with Crippen molar-refractivity contribution in [2.24, 2.45) is 0 Å². The summed E-state index contributed by atoms with van der Waals surface area (Å²) in [5, 5.41) is 7.20. The molecule has 3 aromatic heterocycles. The van der Waals surface area contributed by atoms with Crippen molar-refractivity contribution in [1.82, 2.24) is 9.13 Å². The van der Waals surface area contributed by atoms with E-state index in [0.29, 0.717) is 0 Å². The van der Waals surface area contributed by atoms with Crippen LogP contribution < -0.4 is 0 Å². The Labute approximate surface area is 293 Å². The molecule has 0 aliphatic heterocycles. The van der Waals surface area contributed by atoms with Gasteiger partial charge in [0.2, 0.25) is 0 Å². The molecule has 0 N–H and O–H groups in total. The van der Waals surface area contributed by atoms with Crippen LogP contribution in [0.4, 0.5) is 0 Å². The van der Waals surface area contributed by atoms with Gasteiger partial charge in [-0.15, -0.1) is 0 Å². The average Bonchev–Trinajstić information content (AvgIpc) is 3.86. The van der Waals surface area contributed by atoms with Crippen LogP contribution in [0.2, 0.25) is 0 Å². The van der Waals surface area contributed by atoms with Gasteiger partial charge in [0.1, 0.15) is 5.58 Å². The molecule has 11 aromatic rings. The van der Waals surface area contributed by atoms with Crippen molar-refractivity contribution in [3.05, 3.63) is 182 Å².